The van der Waals surface area contributed by atoms with Gasteiger partial charge in [0.05, 0.1) is 0 Å². The molecule has 0 aliphatic carbocycles. The number of rotatable bonds is 0. The quantitative estimate of drug-likeness (QED) is 0.682. The van der Waals surface area contributed by atoms with Crippen molar-refractivity contribution in [3.63, 3.8) is 0 Å². The average molecular weight is 311 g/mol. The summed E-state index contributed by atoms with van der Waals surface area (Å²) in [5, 5.41) is -0.453. The number of nitrogens with zero attached hydrogens (tertiary/aromatic N) is 3. The number of alkyl halides is 6. The monoisotopic (exact) mass is 311 g/mol. The van der Waals surface area contributed by atoms with Crippen LogP contribution in [0.3, 0.4) is 0 Å². The highest BCUT2D eigenvalue weighted by atomic mass is 19.4. The zero-order valence-electron chi connectivity index (χ0n) is 11.3. The van der Waals surface area contributed by atoms with Gasteiger partial charge in [0.25, 0.3) is 0 Å². The molecule has 0 amide bonds. The maximum atomic E-state index is 12.9. The molecule has 3 nitrogen and oxygen atoms in total. The molecule has 2 rings (SSSR count). The van der Waals surface area contributed by atoms with Gasteiger partial charge in [-0.15, -0.1) is 0 Å². The van der Waals surface area contributed by atoms with E-state index < -0.39 is 40.4 Å². The van der Waals surface area contributed by atoms with Crippen LogP contribution in [-0.4, -0.2) is 14.5 Å². The summed E-state index contributed by atoms with van der Waals surface area (Å²) >= 11 is 0. The van der Waals surface area contributed by atoms with Gasteiger partial charge in [-0.1, -0.05) is 0 Å². The van der Waals surface area contributed by atoms with Crippen molar-refractivity contribution in [2.24, 2.45) is 0 Å². The summed E-state index contributed by atoms with van der Waals surface area (Å²) in [5.74, 6) is -1.80. The van der Waals surface area contributed by atoms with Crippen LogP contribution in [-0.2, 0) is 17.9 Å². The highest BCUT2D eigenvalue weighted by Gasteiger charge is 2.42. The summed E-state index contributed by atoms with van der Waals surface area (Å²) in [5.41, 5.74) is -2.69. The zero-order valence-corrected chi connectivity index (χ0v) is 11.3. The lowest BCUT2D eigenvalue weighted by Gasteiger charge is -2.22. The first-order valence-corrected chi connectivity index (χ1v) is 5.86. The summed E-state index contributed by atoms with van der Waals surface area (Å²) in [6.45, 7) is 4.94. The van der Waals surface area contributed by atoms with Gasteiger partial charge in [-0.25, -0.2) is 9.97 Å². The fourth-order valence-electron chi connectivity index (χ4n) is 1.90. The number of aromatic nitrogens is 3. The van der Waals surface area contributed by atoms with E-state index in [0.717, 1.165) is 6.07 Å². The van der Waals surface area contributed by atoms with Gasteiger partial charge in [-0.05, 0) is 26.8 Å². The Morgan fingerprint density at radius 3 is 1.90 bits per heavy atom. The highest BCUT2D eigenvalue weighted by Crippen LogP contribution is 2.37. The molecule has 0 aliphatic heterocycles. The molecule has 0 saturated heterocycles. The lowest BCUT2D eigenvalue weighted by Crippen LogP contribution is -2.23. The molecular formula is C12H11F6N3. The third-order valence-electron chi connectivity index (χ3n) is 2.79. The zero-order chi connectivity index (χ0) is 16.2. The normalized spacial score (nSPS) is 14.0. The summed E-state index contributed by atoms with van der Waals surface area (Å²) in [4.78, 5) is 5.94. The lowest BCUT2D eigenvalue weighted by atomic mass is 10.1. The Bertz CT molecular complexity index is 675. The summed E-state index contributed by atoms with van der Waals surface area (Å²) in [6.07, 6.45) is -8.78. The van der Waals surface area contributed by atoms with Crippen molar-refractivity contribution >= 4 is 11.0 Å². The Kier molecular flexibility index (Phi) is 3.23. The smallest absolute Gasteiger partial charge is 0.327 e. The van der Waals surface area contributed by atoms with E-state index in [1.54, 1.807) is 20.8 Å². The molecule has 2 aromatic rings. The molecule has 0 fully saturated rings. The van der Waals surface area contributed by atoms with Crippen LogP contribution in [0.1, 0.15) is 32.3 Å². The fraction of sp³-hybridized carbons (Fsp3) is 0.500. The summed E-state index contributed by atoms with van der Waals surface area (Å²) < 4.78 is 78.2. The number of hydrogen-bond acceptors (Lipinski definition) is 2. The summed E-state index contributed by atoms with van der Waals surface area (Å²) in [6, 6.07) is 1.07. The Hall–Kier alpha value is -1.80. The van der Waals surface area contributed by atoms with E-state index in [1.165, 1.54) is 10.8 Å². The van der Waals surface area contributed by atoms with Crippen LogP contribution in [0, 0.1) is 0 Å². The van der Waals surface area contributed by atoms with Crippen LogP contribution in [0.5, 0.6) is 0 Å². The Morgan fingerprint density at radius 2 is 1.48 bits per heavy atom. The van der Waals surface area contributed by atoms with E-state index in [0.29, 0.717) is 0 Å². The summed E-state index contributed by atoms with van der Waals surface area (Å²) in [7, 11) is 0. The second kappa shape index (κ2) is 4.35. The van der Waals surface area contributed by atoms with Gasteiger partial charge < -0.3 is 4.57 Å². The van der Waals surface area contributed by atoms with Crippen LogP contribution < -0.4 is 0 Å². The number of halogens is 6. The van der Waals surface area contributed by atoms with Crippen LogP contribution in [0.2, 0.25) is 0 Å². The Morgan fingerprint density at radius 1 is 0.905 bits per heavy atom. The maximum absolute atomic E-state index is 12.9. The van der Waals surface area contributed by atoms with E-state index in [4.69, 9.17) is 0 Å². The molecule has 116 valence electrons. The van der Waals surface area contributed by atoms with E-state index in [2.05, 4.69) is 9.97 Å². The Labute approximate surface area is 115 Å². The minimum Gasteiger partial charge on any atom is -0.327 e. The average Bonchev–Trinajstić information content (AvgIpc) is 2.67. The minimum absolute atomic E-state index is 0.392. The van der Waals surface area contributed by atoms with Gasteiger partial charge in [-0.2, -0.15) is 26.3 Å². The molecular weight excluding hydrogens is 300 g/mol. The van der Waals surface area contributed by atoms with Gasteiger partial charge in [0.15, 0.2) is 5.69 Å². The molecule has 0 N–H and O–H groups in total. The van der Waals surface area contributed by atoms with Gasteiger partial charge in [0.1, 0.15) is 5.65 Å². The largest absolute Gasteiger partial charge is 0.451 e. The topological polar surface area (TPSA) is 30.7 Å². The molecule has 0 aliphatic rings. The van der Waals surface area contributed by atoms with Crippen molar-refractivity contribution in [3.05, 3.63) is 23.8 Å². The van der Waals surface area contributed by atoms with Gasteiger partial charge in [0.2, 0.25) is 5.82 Å². The molecule has 0 aromatic carbocycles. The predicted molar refractivity (Wildman–Crippen MR) is 62.5 cm³/mol. The molecule has 2 aromatic heterocycles. The molecule has 2 heterocycles. The van der Waals surface area contributed by atoms with Gasteiger partial charge in [-0.3, -0.25) is 0 Å². The Balaban J connectivity index is 2.88. The van der Waals surface area contributed by atoms with Crippen molar-refractivity contribution in [1.82, 2.24) is 14.5 Å². The van der Waals surface area contributed by atoms with Crippen LogP contribution in [0.15, 0.2) is 12.3 Å². The van der Waals surface area contributed by atoms with Gasteiger partial charge >= 0.3 is 12.4 Å². The van der Waals surface area contributed by atoms with E-state index in [1.807, 2.05) is 0 Å². The molecule has 0 unspecified atom stereocenters. The molecule has 0 atom stereocenters. The van der Waals surface area contributed by atoms with Crippen molar-refractivity contribution in [3.8, 4) is 0 Å². The van der Waals surface area contributed by atoms with Crippen molar-refractivity contribution in [1.29, 1.82) is 0 Å². The second-order valence-corrected chi connectivity index (χ2v) is 5.49. The number of fused-ring (bicyclic) bond motifs is 1. The second-order valence-electron chi connectivity index (χ2n) is 5.49. The maximum Gasteiger partial charge on any atom is 0.451 e. The molecule has 21 heavy (non-hydrogen) atoms. The van der Waals surface area contributed by atoms with Crippen LogP contribution >= 0.6 is 0 Å². The minimum atomic E-state index is -5.05. The SMILES string of the molecule is CC(C)(C)n1ccc2c(C(F)(F)F)nc(C(F)(F)F)nc21. The molecule has 0 spiro atoms. The van der Waals surface area contributed by atoms with Crippen molar-refractivity contribution in [2.45, 2.75) is 38.7 Å². The third-order valence-corrected chi connectivity index (χ3v) is 2.79. The standard InChI is InChI=1S/C12H11F6N3/c1-10(2,3)21-5-4-6-7(11(13,14)15)19-9(12(16,17)18)20-8(6)21/h4-5H,1-3H3. The van der Waals surface area contributed by atoms with Crippen molar-refractivity contribution in [2.75, 3.05) is 0 Å². The first kappa shape index (κ1) is 15.6. The third kappa shape index (κ3) is 2.81. The first-order valence-electron chi connectivity index (χ1n) is 5.86. The predicted octanol–water partition coefficient (Wildman–Crippen LogP) is 4.22. The highest BCUT2D eigenvalue weighted by molar-refractivity contribution is 5.79. The van der Waals surface area contributed by atoms with E-state index in [9.17, 15) is 26.3 Å². The molecule has 0 saturated carbocycles. The van der Waals surface area contributed by atoms with E-state index >= 15 is 0 Å². The number of hydrogen-bond donors (Lipinski definition) is 0. The van der Waals surface area contributed by atoms with Crippen molar-refractivity contribution < 1.29 is 26.3 Å². The first-order chi connectivity index (χ1) is 9.32. The molecule has 9 heteroatoms. The van der Waals surface area contributed by atoms with Gasteiger partial charge in [0, 0.05) is 17.1 Å². The molecule has 0 bridgehead atoms. The molecule has 0 radical (unpaired) electrons. The van der Waals surface area contributed by atoms with Crippen LogP contribution in [0.25, 0.3) is 11.0 Å². The van der Waals surface area contributed by atoms with E-state index in [-0.39, 0.29) is 0 Å². The fourth-order valence-corrected chi connectivity index (χ4v) is 1.90. The lowest BCUT2D eigenvalue weighted by molar-refractivity contribution is -0.151. The van der Waals surface area contributed by atoms with Crippen LogP contribution in [0.4, 0.5) is 26.3 Å².